The SMILES string of the molecule is CCOP(=O)(CC=CCn1c(=O)cc(-c2cccc(Cl)c2)c2cc([C@](N)(c3ccc(Cl)cc3)c3cncn3C)ccc21)OCC. The Morgan fingerprint density at radius 2 is 1.64 bits per heavy atom. The zero-order chi connectivity index (χ0) is 32.2. The second-order valence-corrected chi connectivity index (χ2v) is 13.5. The van der Waals surface area contributed by atoms with Gasteiger partial charge in [0.25, 0.3) is 5.56 Å². The van der Waals surface area contributed by atoms with E-state index in [-0.39, 0.29) is 31.5 Å². The van der Waals surface area contributed by atoms with Crippen molar-refractivity contribution in [2.75, 3.05) is 19.4 Å². The number of halogens is 2. The molecule has 0 radical (unpaired) electrons. The van der Waals surface area contributed by atoms with Crippen molar-refractivity contribution in [1.29, 1.82) is 0 Å². The number of hydrogen-bond acceptors (Lipinski definition) is 6. The van der Waals surface area contributed by atoms with E-state index in [4.69, 9.17) is 38.0 Å². The molecule has 0 amide bonds. The molecule has 1 atom stereocenters. The maximum absolute atomic E-state index is 13.6. The summed E-state index contributed by atoms with van der Waals surface area (Å²) in [6, 6.07) is 22.3. The van der Waals surface area contributed by atoms with Gasteiger partial charge in [0.1, 0.15) is 5.54 Å². The van der Waals surface area contributed by atoms with Gasteiger partial charge >= 0.3 is 7.60 Å². The highest BCUT2D eigenvalue weighted by Gasteiger charge is 2.35. The number of imidazole rings is 1. The fraction of sp³-hybridized carbons (Fsp3) is 0.235. The summed E-state index contributed by atoms with van der Waals surface area (Å²) >= 11 is 12.6. The third-order valence-electron chi connectivity index (χ3n) is 7.66. The van der Waals surface area contributed by atoms with Crippen LogP contribution in [0.15, 0.2) is 102 Å². The second-order valence-electron chi connectivity index (χ2n) is 10.6. The summed E-state index contributed by atoms with van der Waals surface area (Å²) in [5.74, 6) is 0. The van der Waals surface area contributed by atoms with Gasteiger partial charge in [-0.25, -0.2) is 4.98 Å². The van der Waals surface area contributed by atoms with Gasteiger partial charge in [-0.05, 0) is 72.5 Å². The molecule has 0 aliphatic carbocycles. The van der Waals surface area contributed by atoms with Gasteiger partial charge in [0.05, 0.1) is 43.1 Å². The Kier molecular flexibility index (Phi) is 10.1. The van der Waals surface area contributed by atoms with Gasteiger partial charge in [0.15, 0.2) is 0 Å². The Morgan fingerprint density at radius 1 is 0.933 bits per heavy atom. The summed E-state index contributed by atoms with van der Waals surface area (Å²) in [7, 11) is -1.35. The minimum atomic E-state index is -3.25. The Balaban J connectivity index is 1.68. The summed E-state index contributed by atoms with van der Waals surface area (Å²) in [4.78, 5) is 18.0. The van der Waals surface area contributed by atoms with Crippen molar-refractivity contribution in [3.63, 3.8) is 0 Å². The summed E-state index contributed by atoms with van der Waals surface area (Å²) in [5.41, 5.74) is 10.7. The second kappa shape index (κ2) is 13.9. The van der Waals surface area contributed by atoms with Crippen LogP contribution in [0.1, 0.15) is 30.7 Å². The fourth-order valence-corrected chi connectivity index (χ4v) is 7.34. The molecular formula is C34H35Cl2N4O4P. The summed E-state index contributed by atoms with van der Waals surface area (Å²) in [5, 5.41) is 1.97. The number of aryl methyl sites for hydroxylation is 1. The van der Waals surface area contributed by atoms with Gasteiger partial charge in [-0.2, -0.15) is 0 Å². The van der Waals surface area contributed by atoms with Crippen molar-refractivity contribution in [2.45, 2.75) is 25.9 Å². The smallest absolute Gasteiger partial charge is 0.334 e. The van der Waals surface area contributed by atoms with E-state index in [1.54, 1.807) is 55.2 Å². The summed E-state index contributed by atoms with van der Waals surface area (Å²) in [6.07, 6.45) is 7.11. The van der Waals surface area contributed by atoms with E-state index in [0.717, 1.165) is 33.3 Å². The van der Waals surface area contributed by atoms with Crippen molar-refractivity contribution in [2.24, 2.45) is 12.8 Å². The van der Waals surface area contributed by atoms with Crippen molar-refractivity contribution in [1.82, 2.24) is 14.1 Å². The lowest BCUT2D eigenvalue weighted by Gasteiger charge is -2.32. The largest absolute Gasteiger partial charge is 0.336 e. The first kappa shape index (κ1) is 32.9. The highest BCUT2D eigenvalue weighted by molar-refractivity contribution is 7.54. The molecular weight excluding hydrogens is 630 g/mol. The number of nitrogens with zero attached hydrogens (tertiary/aromatic N) is 3. The van der Waals surface area contributed by atoms with Crippen molar-refractivity contribution < 1.29 is 13.6 Å². The first-order chi connectivity index (χ1) is 21.6. The predicted octanol–water partition coefficient (Wildman–Crippen LogP) is 7.78. The van der Waals surface area contributed by atoms with E-state index >= 15 is 0 Å². The zero-order valence-corrected chi connectivity index (χ0v) is 27.7. The predicted molar refractivity (Wildman–Crippen MR) is 182 cm³/mol. The molecule has 5 rings (SSSR count). The molecule has 234 valence electrons. The van der Waals surface area contributed by atoms with Crippen LogP contribution < -0.4 is 11.3 Å². The minimum Gasteiger partial charge on any atom is -0.336 e. The third-order valence-corrected chi connectivity index (χ3v) is 10.1. The number of benzene rings is 3. The standard InChI is InChI=1S/C34H35Cl2N4O4P/c1-4-43-45(42,44-5-2)18-7-6-17-40-31-16-13-26(20-30(31)29(21-33(40)41)24-9-8-10-28(36)19-24)34(37,32-22-38-23-39(32)3)25-11-14-27(35)15-12-25/h6-16,19-23H,4-5,17-18,37H2,1-3H3/t34-/m1/s1. The van der Waals surface area contributed by atoms with Crippen molar-refractivity contribution >= 4 is 41.7 Å². The maximum Gasteiger partial charge on any atom is 0.334 e. The van der Waals surface area contributed by atoms with Crippen LogP contribution in [0.2, 0.25) is 10.0 Å². The van der Waals surface area contributed by atoms with Gasteiger partial charge in [0, 0.05) is 35.1 Å². The van der Waals surface area contributed by atoms with Gasteiger partial charge in [-0.15, -0.1) is 0 Å². The van der Waals surface area contributed by atoms with Gasteiger partial charge in [-0.1, -0.05) is 65.7 Å². The average molecular weight is 666 g/mol. The average Bonchev–Trinajstić information content (AvgIpc) is 3.46. The van der Waals surface area contributed by atoms with Gasteiger partial charge in [-0.3, -0.25) is 9.36 Å². The molecule has 0 fully saturated rings. The number of rotatable bonds is 12. The van der Waals surface area contributed by atoms with Crippen LogP contribution in [-0.2, 0) is 32.7 Å². The molecule has 0 aliphatic rings. The number of allylic oxidation sites excluding steroid dienone is 2. The van der Waals surface area contributed by atoms with E-state index in [1.165, 1.54) is 0 Å². The quantitative estimate of drug-likeness (QED) is 0.108. The van der Waals surface area contributed by atoms with Crippen LogP contribution in [0.5, 0.6) is 0 Å². The lowest BCUT2D eigenvalue weighted by molar-refractivity contribution is 0.222. The first-order valence-corrected chi connectivity index (χ1v) is 17.1. The first-order valence-electron chi connectivity index (χ1n) is 14.6. The van der Waals surface area contributed by atoms with E-state index < -0.39 is 13.1 Å². The van der Waals surface area contributed by atoms with Crippen LogP contribution >= 0.6 is 30.8 Å². The number of fused-ring (bicyclic) bond motifs is 1. The topological polar surface area (TPSA) is 101 Å². The Morgan fingerprint density at radius 3 is 2.29 bits per heavy atom. The molecule has 11 heteroatoms. The van der Waals surface area contributed by atoms with Gasteiger partial charge < -0.3 is 23.9 Å². The Hall–Kier alpha value is -3.49. The number of aromatic nitrogens is 3. The molecule has 0 bridgehead atoms. The van der Waals surface area contributed by atoms with Crippen LogP contribution in [0.4, 0.5) is 0 Å². The van der Waals surface area contributed by atoms with E-state index in [1.807, 2.05) is 72.3 Å². The molecule has 0 spiro atoms. The minimum absolute atomic E-state index is 0.105. The van der Waals surface area contributed by atoms with Crippen LogP contribution in [-0.4, -0.2) is 33.5 Å². The molecule has 45 heavy (non-hydrogen) atoms. The number of hydrogen-bond donors (Lipinski definition) is 1. The molecule has 0 saturated carbocycles. The maximum atomic E-state index is 13.6. The van der Waals surface area contributed by atoms with E-state index in [2.05, 4.69) is 4.98 Å². The normalized spacial score (nSPS) is 13.5. The van der Waals surface area contributed by atoms with E-state index in [9.17, 15) is 9.36 Å². The molecule has 0 saturated heterocycles. The Labute approximate surface area is 272 Å². The fourth-order valence-electron chi connectivity index (χ4n) is 5.55. The molecule has 2 heterocycles. The number of nitrogens with two attached hydrogens (primary N) is 1. The molecule has 0 unspecified atom stereocenters. The van der Waals surface area contributed by atoms with Crippen molar-refractivity contribution in [3.05, 3.63) is 135 Å². The molecule has 5 aromatic rings. The van der Waals surface area contributed by atoms with E-state index in [0.29, 0.717) is 15.6 Å². The highest BCUT2D eigenvalue weighted by Crippen LogP contribution is 2.48. The molecule has 2 N–H and O–H groups in total. The summed E-state index contributed by atoms with van der Waals surface area (Å²) in [6.45, 7) is 4.34. The Bertz CT molecular complexity index is 1940. The third kappa shape index (κ3) is 6.87. The lowest BCUT2D eigenvalue weighted by atomic mass is 9.80. The lowest BCUT2D eigenvalue weighted by Crippen LogP contribution is -2.41. The molecule has 2 aromatic heterocycles. The van der Waals surface area contributed by atoms with Crippen LogP contribution in [0.25, 0.3) is 22.0 Å². The van der Waals surface area contributed by atoms with Crippen LogP contribution in [0, 0.1) is 0 Å². The zero-order valence-electron chi connectivity index (χ0n) is 25.3. The molecule has 0 aliphatic heterocycles. The van der Waals surface area contributed by atoms with Crippen LogP contribution in [0.3, 0.4) is 0 Å². The van der Waals surface area contributed by atoms with Gasteiger partial charge in [0.2, 0.25) is 0 Å². The van der Waals surface area contributed by atoms with Crippen molar-refractivity contribution in [3.8, 4) is 11.1 Å². The number of pyridine rings is 1. The monoisotopic (exact) mass is 664 g/mol. The summed E-state index contributed by atoms with van der Waals surface area (Å²) < 4.78 is 27.3. The molecule has 8 nitrogen and oxygen atoms in total. The highest BCUT2D eigenvalue weighted by atomic mass is 35.5. The molecule has 3 aromatic carbocycles.